The number of nitrogens with two attached hydrogens (primary N) is 1. The van der Waals surface area contributed by atoms with Crippen molar-refractivity contribution in [2.45, 2.75) is 18.4 Å². The molecule has 0 fully saturated rings. The smallest absolute Gasteiger partial charge is 0.244 e. The average Bonchev–Trinajstić information content (AvgIpc) is 2.39. The number of aromatic nitrogens is 3. The van der Waals surface area contributed by atoms with Crippen molar-refractivity contribution in [2.75, 3.05) is 5.73 Å². The number of nitrogens with one attached hydrogen (secondary N) is 1. The summed E-state index contributed by atoms with van der Waals surface area (Å²) in [7, 11) is -3.75. The third-order valence-corrected chi connectivity index (χ3v) is 4.28. The second-order valence-electron chi connectivity index (χ2n) is 3.96. The van der Waals surface area contributed by atoms with Crippen LogP contribution in [-0.2, 0) is 16.6 Å². The van der Waals surface area contributed by atoms with E-state index in [0.717, 1.165) is 0 Å². The Hall–Kier alpha value is -1.58. The van der Waals surface area contributed by atoms with E-state index >= 15 is 0 Å². The van der Waals surface area contributed by atoms with Gasteiger partial charge in [0, 0.05) is 16.9 Å². The van der Waals surface area contributed by atoms with Crippen LogP contribution in [0.1, 0.15) is 11.5 Å². The van der Waals surface area contributed by atoms with Gasteiger partial charge in [-0.15, -0.1) is 0 Å². The number of hydrogen-bond donors (Lipinski definition) is 2. The van der Waals surface area contributed by atoms with E-state index in [2.05, 4.69) is 35.6 Å². The highest BCUT2D eigenvalue weighted by atomic mass is 79.9. The maximum absolute atomic E-state index is 12.2. The monoisotopic (exact) mass is 357 g/mol. The van der Waals surface area contributed by atoms with Gasteiger partial charge < -0.3 is 5.73 Å². The maximum Gasteiger partial charge on any atom is 0.244 e. The summed E-state index contributed by atoms with van der Waals surface area (Å²) in [4.78, 5) is 11.8. The summed E-state index contributed by atoms with van der Waals surface area (Å²) in [5, 5.41) is 0. The first-order valence-electron chi connectivity index (χ1n) is 5.58. The predicted molar refractivity (Wildman–Crippen MR) is 77.1 cm³/mol. The SMILES string of the molecule is Cc1nccc(CNS(=O)(=O)c2cc(Br)cnc2N)n1. The van der Waals surface area contributed by atoms with E-state index in [9.17, 15) is 8.42 Å². The molecule has 0 radical (unpaired) electrons. The Kier molecular flexibility index (Phi) is 4.31. The minimum Gasteiger partial charge on any atom is -0.383 e. The van der Waals surface area contributed by atoms with Crippen molar-refractivity contribution in [1.29, 1.82) is 0 Å². The first-order valence-corrected chi connectivity index (χ1v) is 7.85. The van der Waals surface area contributed by atoms with Crippen LogP contribution in [0.4, 0.5) is 5.82 Å². The number of sulfonamides is 1. The Balaban J connectivity index is 2.21. The molecule has 0 aromatic carbocycles. The van der Waals surface area contributed by atoms with E-state index in [1.165, 1.54) is 12.3 Å². The second kappa shape index (κ2) is 5.81. The number of halogens is 1. The average molecular weight is 358 g/mol. The van der Waals surface area contributed by atoms with Crippen LogP contribution >= 0.6 is 15.9 Å². The molecule has 2 heterocycles. The van der Waals surface area contributed by atoms with E-state index in [4.69, 9.17) is 5.73 Å². The van der Waals surface area contributed by atoms with Crippen LogP contribution in [0.3, 0.4) is 0 Å². The van der Waals surface area contributed by atoms with Crippen molar-refractivity contribution >= 4 is 31.8 Å². The molecule has 0 bridgehead atoms. The van der Waals surface area contributed by atoms with Crippen molar-refractivity contribution in [3.8, 4) is 0 Å². The van der Waals surface area contributed by atoms with Crippen molar-refractivity contribution in [3.05, 3.63) is 40.5 Å². The molecule has 2 aromatic rings. The van der Waals surface area contributed by atoms with Crippen LogP contribution in [0.25, 0.3) is 0 Å². The molecular formula is C11H12BrN5O2S. The zero-order valence-corrected chi connectivity index (χ0v) is 12.9. The lowest BCUT2D eigenvalue weighted by molar-refractivity contribution is 0.580. The van der Waals surface area contributed by atoms with Gasteiger partial charge in [0.15, 0.2) is 0 Å². The Morgan fingerprint density at radius 3 is 2.85 bits per heavy atom. The van der Waals surface area contributed by atoms with Gasteiger partial charge in [-0.1, -0.05) is 0 Å². The highest BCUT2D eigenvalue weighted by Gasteiger charge is 2.18. The van der Waals surface area contributed by atoms with E-state index in [0.29, 0.717) is 16.0 Å². The molecule has 0 aliphatic carbocycles. The molecular weight excluding hydrogens is 346 g/mol. The van der Waals surface area contributed by atoms with E-state index in [1.807, 2.05) is 0 Å². The third-order valence-electron chi connectivity index (χ3n) is 2.41. The standard InChI is InChI=1S/C11H12BrN5O2S/c1-7-14-3-2-9(17-7)6-16-20(18,19)10-4-8(12)5-15-11(10)13/h2-5,16H,6H2,1H3,(H2,13,15). The summed E-state index contributed by atoms with van der Waals surface area (Å²) in [6.07, 6.45) is 3.00. The summed E-state index contributed by atoms with van der Waals surface area (Å²) in [5.41, 5.74) is 6.16. The minimum atomic E-state index is -3.75. The Labute approximate surface area is 124 Å². The molecule has 20 heavy (non-hydrogen) atoms. The lowest BCUT2D eigenvalue weighted by Gasteiger charge is -2.08. The number of nitrogens with zero attached hydrogens (tertiary/aromatic N) is 3. The molecule has 7 nitrogen and oxygen atoms in total. The summed E-state index contributed by atoms with van der Waals surface area (Å²) >= 11 is 3.16. The summed E-state index contributed by atoms with van der Waals surface area (Å²) in [6.45, 7) is 1.78. The fraction of sp³-hybridized carbons (Fsp3) is 0.182. The number of anilines is 1. The Morgan fingerprint density at radius 1 is 1.40 bits per heavy atom. The van der Waals surface area contributed by atoms with Gasteiger partial charge in [-0.2, -0.15) is 0 Å². The quantitative estimate of drug-likeness (QED) is 0.844. The number of pyridine rings is 1. The normalized spacial score (nSPS) is 11.5. The topological polar surface area (TPSA) is 111 Å². The van der Waals surface area contributed by atoms with Gasteiger partial charge in [0.05, 0.1) is 12.2 Å². The van der Waals surface area contributed by atoms with Crippen LogP contribution < -0.4 is 10.5 Å². The number of hydrogen-bond acceptors (Lipinski definition) is 6. The molecule has 0 spiro atoms. The van der Waals surface area contributed by atoms with Gasteiger partial charge >= 0.3 is 0 Å². The first-order chi connectivity index (χ1) is 9.38. The highest BCUT2D eigenvalue weighted by Crippen LogP contribution is 2.20. The van der Waals surface area contributed by atoms with Gasteiger partial charge in [0.25, 0.3) is 0 Å². The molecule has 0 aliphatic heterocycles. The summed E-state index contributed by atoms with van der Waals surface area (Å²) < 4.78 is 27.3. The molecule has 9 heteroatoms. The third kappa shape index (κ3) is 3.50. The van der Waals surface area contributed by atoms with Crippen LogP contribution in [0.15, 0.2) is 33.9 Å². The molecule has 106 valence electrons. The molecule has 3 N–H and O–H groups in total. The summed E-state index contributed by atoms with van der Waals surface area (Å²) in [6, 6.07) is 3.04. The van der Waals surface area contributed by atoms with Crippen molar-refractivity contribution in [1.82, 2.24) is 19.7 Å². The Morgan fingerprint density at radius 2 is 2.15 bits per heavy atom. The van der Waals surface area contributed by atoms with E-state index in [-0.39, 0.29) is 17.3 Å². The van der Waals surface area contributed by atoms with Crippen LogP contribution in [0.5, 0.6) is 0 Å². The molecule has 0 saturated carbocycles. The predicted octanol–water partition coefficient (Wildman–Crippen LogP) is 1.00. The van der Waals surface area contributed by atoms with Crippen LogP contribution in [0.2, 0.25) is 0 Å². The van der Waals surface area contributed by atoms with Gasteiger partial charge in [-0.25, -0.2) is 28.1 Å². The largest absolute Gasteiger partial charge is 0.383 e. The zero-order chi connectivity index (χ0) is 14.8. The van der Waals surface area contributed by atoms with Crippen molar-refractivity contribution < 1.29 is 8.42 Å². The lowest BCUT2D eigenvalue weighted by atomic mass is 10.4. The van der Waals surface area contributed by atoms with E-state index < -0.39 is 10.0 Å². The lowest BCUT2D eigenvalue weighted by Crippen LogP contribution is -2.25. The van der Waals surface area contributed by atoms with Crippen LogP contribution in [-0.4, -0.2) is 23.4 Å². The molecule has 0 saturated heterocycles. The Bertz CT molecular complexity index is 735. The maximum atomic E-state index is 12.2. The second-order valence-corrected chi connectivity index (χ2v) is 6.61. The van der Waals surface area contributed by atoms with Crippen molar-refractivity contribution in [2.24, 2.45) is 0 Å². The van der Waals surface area contributed by atoms with E-state index in [1.54, 1.807) is 19.2 Å². The van der Waals surface area contributed by atoms with Crippen molar-refractivity contribution in [3.63, 3.8) is 0 Å². The number of nitrogen functional groups attached to an aromatic ring is 1. The molecule has 2 rings (SSSR count). The fourth-order valence-corrected chi connectivity index (χ4v) is 3.08. The van der Waals surface area contributed by atoms with Gasteiger partial charge in [-0.05, 0) is 35.0 Å². The summed E-state index contributed by atoms with van der Waals surface area (Å²) in [5.74, 6) is 0.518. The fourth-order valence-electron chi connectivity index (χ4n) is 1.50. The van der Waals surface area contributed by atoms with Gasteiger partial charge in [0.2, 0.25) is 10.0 Å². The molecule has 2 aromatic heterocycles. The highest BCUT2D eigenvalue weighted by molar-refractivity contribution is 9.10. The molecule has 0 amide bonds. The minimum absolute atomic E-state index is 0.0532. The molecule has 0 aliphatic rings. The van der Waals surface area contributed by atoms with Crippen LogP contribution in [0, 0.1) is 6.92 Å². The number of rotatable bonds is 4. The number of aryl methyl sites for hydroxylation is 1. The molecule has 0 atom stereocenters. The van der Waals surface area contributed by atoms with Gasteiger partial charge in [-0.3, -0.25) is 0 Å². The zero-order valence-electron chi connectivity index (χ0n) is 10.5. The first kappa shape index (κ1) is 14.8. The molecule has 0 unspecified atom stereocenters. The van der Waals surface area contributed by atoms with Gasteiger partial charge in [0.1, 0.15) is 16.5 Å².